The Kier molecular flexibility index (Phi) is 3.02. The number of allylic oxidation sites excluding steroid dienone is 2. The van der Waals surface area contributed by atoms with Crippen LogP contribution in [0.5, 0.6) is 0 Å². The number of hydrogen-bond donors (Lipinski definition) is 1. The predicted octanol–water partition coefficient (Wildman–Crippen LogP) is 5.97. The third-order valence-corrected chi connectivity index (χ3v) is 5.68. The summed E-state index contributed by atoms with van der Waals surface area (Å²) in [6, 6.07) is 22.6. The molecule has 118 valence electrons. The van der Waals surface area contributed by atoms with Crippen LogP contribution in [0.2, 0.25) is 0 Å². The summed E-state index contributed by atoms with van der Waals surface area (Å²) in [5.41, 5.74) is 5.54. The Hall–Kier alpha value is -2.54. The molecular weight excluding hydrogens is 290 g/mol. The molecule has 3 aromatic rings. The first-order valence-corrected chi connectivity index (χ1v) is 8.83. The van der Waals surface area contributed by atoms with Crippen LogP contribution in [0.4, 0.5) is 5.69 Å². The molecule has 1 nitrogen and oxygen atoms in total. The summed E-state index contributed by atoms with van der Waals surface area (Å²) in [5.74, 6) is 1.13. The van der Waals surface area contributed by atoms with E-state index in [4.69, 9.17) is 0 Å². The maximum absolute atomic E-state index is 3.86. The van der Waals surface area contributed by atoms with Crippen LogP contribution in [-0.2, 0) is 0 Å². The average Bonchev–Trinajstić information content (AvgIpc) is 3.11. The van der Waals surface area contributed by atoms with E-state index in [1.807, 2.05) is 0 Å². The molecule has 1 heterocycles. The Morgan fingerprint density at radius 1 is 0.917 bits per heavy atom. The monoisotopic (exact) mass is 311 g/mol. The summed E-state index contributed by atoms with van der Waals surface area (Å²) >= 11 is 0. The van der Waals surface area contributed by atoms with Gasteiger partial charge in [0.05, 0.1) is 6.04 Å². The fourth-order valence-electron chi connectivity index (χ4n) is 4.54. The van der Waals surface area contributed by atoms with Gasteiger partial charge in [-0.25, -0.2) is 0 Å². The van der Waals surface area contributed by atoms with E-state index in [0.29, 0.717) is 17.9 Å². The summed E-state index contributed by atoms with van der Waals surface area (Å²) in [6.07, 6.45) is 5.94. The largest absolute Gasteiger partial charge is 0.378 e. The normalized spacial score (nSPS) is 24.5. The van der Waals surface area contributed by atoms with E-state index in [1.165, 1.54) is 33.2 Å². The Labute approximate surface area is 143 Å². The Balaban J connectivity index is 1.68. The lowest BCUT2D eigenvalue weighted by atomic mass is 9.76. The molecule has 0 saturated heterocycles. The van der Waals surface area contributed by atoms with Gasteiger partial charge in [0.1, 0.15) is 0 Å². The molecule has 5 rings (SSSR count). The van der Waals surface area contributed by atoms with Crippen molar-refractivity contribution < 1.29 is 0 Å². The number of benzene rings is 3. The number of rotatable bonds is 1. The van der Waals surface area contributed by atoms with Gasteiger partial charge in [-0.05, 0) is 47.2 Å². The molecule has 2 aliphatic rings. The molecule has 0 radical (unpaired) electrons. The first-order valence-electron chi connectivity index (χ1n) is 8.83. The van der Waals surface area contributed by atoms with Crippen LogP contribution in [-0.4, -0.2) is 0 Å². The van der Waals surface area contributed by atoms with E-state index in [9.17, 15) is 0 Å². The maximum Gasteiger partial charge on any atom is 0.0560 e. The van der Waals surface area contributed by atoms with Crippen LogP contribution in [0.25, 0.3) is 10.8 Å². The van der Waals surface area contributed by atoms with Crippen molar-refractivity contribution in [2.75, 3.05) is 5.32 Å². The van der Waals surface area contributed by atoms with Crippen molar-refractivity contribution >= 4 is 16.5 Å². The second-order valence-corrected chi connectivity index (χ2v) is 7.13. The van der Waals surface area contributed by atoms with Crippen molar-refractivity contribution in [2.45, 2.75) is 25.3 Å². The van der Waals surface area contributed by atoms with Gasteiger partial charge < -0.3 is 5.32 Å². The maximum atomic E-state index is 3.86. The fourth-order valence-corrected chi connectivity index (χ4v) is 4.54. The van der Waals surface area contributed by atoms with Crippen molar-refractivity contribution in [2.24, 2.45) is 5.92 Å². The zero-order valence-corrected chi connectivity index (χ0v) is 13.9. The standard InChI is InChI=1S/C23H21N/c1-15-12-13-22-21(14-15)18-9-5-11-20(18)23(24-22)19-10-4-7-16-6-2-3-8-17(16)19/h2-10,12-14,18,20,23-24H,11H2,1H3/t18-,20+,23+/m1/s1. The molecule has 0 unspecified atom stereocenters. The van der Waals surface area contributed by atoms with Crippen LogP contribution in [0.3, 0.4) is 0 Å². The van der Waals surface area contributed by atoms with E-state index < -0.39 is 0 Å². The zero-order chi connectivity index (χ0) is 16.1. The zero-order valence-electron chi connectivity index (χ0n) is 13.9. The van der Waals surface area contributed by atoms with Gasteiger partial charge in [0.15, 0.2) is 0 Å². The molecule has 1 aliphatic heterocycles. The van der Waals surface area contributed by atoms with E-state index in [2.05, 4.69) is 85.1 Å². The molecule has 1 N–H and O–H groups in total. The van der Waals surface area contributed by atoms with E-state index in [0.717, 1.165) is 6.42 Å². The van der Waals surface area contributed by atoms with Gasteiger partial charge in [-0.2, -0.15) is 0 Å². The summed E-state index contributed by atoms with van der Waals surface area (Å²) in [5, 5.41) is 6.57. The fraction of sp³-hybridized carbons (Fsp3) is 0.217. The molecule has 3 atom stereocenters. The number of nitrogens with one attached hydrogen (secondary N) is 1. The van der Waals surface area contributed by atoms with E-state index in [1.54, 1.807) is 0 Å². The van der Waals surface area contributed by atoms with Gasteiger partial charge in [0.25, 0.3) is 0 Å². The Bertz CT molecular complexity index is 948. The second kappa shape index (κ2) is 5.24. The smallest absolute Gasteiger partial charge is 0.0560 e. The summed E-state index contributed by atoms with van der Waals surface area (Å²) in [4.78, 5) is 0. The molecule has 0 saturated carbocycles. The van der Waals surface area contributed by atoms with Gasteiger partial charge in [0.2, 0.25) is 0 Å². The lowest BCUT2D eigenvalue weighted by Gasteiger charge is -2.38. The van der Waals surface area contributed by atoms with E-state index in [-0.39, 0.29) is 0 Å². The Morgan fingerprint density at radius 3 is 2.75 bits per heavy atom. The molecule has 1 heteroatoms. The van der Waals surface area contributed by atoms with Gasteiger partial charge in [0, 0.05) is 11.6 Å². The topological polar surface area (TPSA) is 12.0 Å². The van der Waals surface area contributed by atoms with Crippen molar-refractivity contribution in [1.29, 1.82) is 0 Å². The van der Waals surface area contributed by atoms with Crippen molar-refractivity contribution in [3.63, 3.8) is 0 Å². The predicted molar refractivity (Wildman–Crippen MR) is 101 cm³/mol. The minimum Gasteiger partial charge on any atom is -0.378 e. The van der Waals surface area contributed by atoms with Crippen LogP contribution >= 0.6 is 0 Å². The molecule has 0 spiro atoms. The third-order valence-electron chi connectivity index (χ3n) is 5.68. The SMILES string of the molecule is Cc1ccc2c(c1)[C@@H]1C=CC[C@@H]1[C@H](c1cccc3ccccc13)N2. The molecule has 1 aliphatic carbocycles. The lowest BCUT2D eigenvalue weighted by molar-refractivity contribution is 0.427. The third kappa shape index (κ3) is 2.01. The molecular formula is C23H21N. The van der Waals surface area contributed by atoms with Gasteiger partial charge >= 0.3 is 0 Å². The highest BCUT2D eigenvalue weighted by molar-refractivity contribution is 5.86. The van der Waals surface area contributed by atoms with E-state index >= 15 is 0 Å². The van der Waals surface area contributed by atoms with Gasteiger partial charge in [-0.1, -0.05) is 72.3 Å². The minimum atomic E-state index is 0.367. The highest BCUT2D eigenvalue weighted by atomic mass is 15.0. The average molecular weight is 311 g/mol. The highest BCUT2D eigenvalue weighted by Gasteiger charge is 2.38. The van der Waals surface area contributed by atoms with Gasteiger partial charge in [-0.15, -0.1) is 0 Å². The number of fused-ring (bicyclic) bond motifs is 4. The summed E-state index contributed by atoms with van der Waals surface area (Å²) in [6.45, 7) is 2.19. The molecule has 3 aromatic carbocycles. The quantitative estimate of drug-likeness (QED) is 0.545. The molecule has 0 bridgehead atoms. The molecule has 0 aromatic heterocycles. The van der Waals surface area contributed by atoms with Crippen molar-refractivity contribution in [3.8, 4) is 0 Å². The van der Waals surface area contributed by atoms with Crippen molar-refractivity contribution in [3.05, 3.63) is 89.5 Å². The minimum absolute atomic E-state index is 0.367. The lowest BCUT2D eigenvalue weighted by Crippen LogP contribution is -2.29. The van der Waals surface area contributed by atoms with Crippen LogP contribution in [0.1, 0.15) is 35.1 Å². The van der Waals surface area contributed by atoms with Crippen LogP contribution < -0.4 is 5.32 Å². The second-order valence-electron chi connectivity index (χ2n) is 7.13. The number of aryl methyl sites for hydroxylation is 1. The van der Waals surface area contributed by atoms with Gasteiger partial charge in [-0.3, -0.25) is 0 Å². The number of anilines is 1. The van der Waals surface area contributed by atoms with Crippen LogP contribution in [0, 0.1) is 12.8 Å². The molecule has 0 amide bonds. The molecule has 0 fully saturated rings. The van der Waals surface area contributed by atoms with Crippen molar-refractivity contribution in [1.82, 2.24) is 0 Å². The highest BCUT2D eigenvalue weighted by Crippen LogP contribution is 2.50. The summed E-state index contributed by atoms with van der Waals surface area (Å²) in [7, 11) is 0. The first-order chi connectivity index (χ1) is 11.8. The summed E-state index contributed by atoms with van der Waals surface area (Å²) < 4.78 is 0. The number of hydrogen-bond acceptors (Lipinski definition) is 1. The molecule has 24 heavy (non-hydrogen) atoms. The Morgan fingerprint density at radius 2 is 1.79 bits per heavy atom. The first kappa shape index (κ1) is 13.9. The van der Waals surface area contributed by atoms with Crippen LogP contribution in [0.15, 0.2) is 72.8 Å².